The molecule has 0 radical (unpaired) electrons. The normalized spacial score (nSPS) is 13.2. The Labute approximate surface area is 94.9 Å². The molecule has 0 bridgehead atoms. The monoisotopic (exact) mass is 219 g/mol. The van der Waals surface area contributed by atoms with Gasteiger partial charge < -0.3 is 14.8 Å². The van der Waals surface area contributed by atoms with Crippen LogP contribution in [0, 0.1) is 5.92 Å². The number of benzene rings is 1. The van der Waals surface area contributed by atoms with E-state index in [-0.39, 0.29) is 19.1 Å². The third-order valence-corrected chi connectivity index (χ3v) is 2.89. The maximum Gasteiger partial charge on any atom is 0.0688 e. The fraction of sp³-hybridized carbons (Fsp3) is 0.385. The predicted octanol–water partition coefficient (Wildman–Crippen LogP) is 1.76. The summed E-state index contributed by atoms with van der Waals surface area (Å²) in [6.45, 7) is 3.08. The molecule has 0 aliphatic rings. The van der Waals surface area contributed by atoms with E-state index in [4.69, 9.17) is 5.11 Å². The Kier molecular flexibility index (Phi) is 3.27. The van der Waals surface area contributed by atoms with Crippen molar-refractivity contribution in [2.24, 2.45) is 5.92 Å². The summed E-state index contributed by atoms with van der Waals surface area (Å²) in [6, 6.07) is 7.94. The first-order valence-electron chi connectivity index (χ1n) is 5.54. The third kappa shape index (κ3) is 1.96. The Hall–Kier alpha value is -1.32. The molecule has 1 atom stereocenters. The molecule has 0 aliphatic heterocycles. The predicted molar refractivity (Wildman–Crippen MR) is 64.1 cm³/mol. The van der Waals surface area contributed by atoms with Gasteiger partial charge in [0.2, 0.25) is 0 Å². The summed E-state index contributed by atoms with van der Waals surface area (Å²) in [5.74, 6) is 0.244. The molecule has 0 amide bonds. The van der Waals surface area contributed by atoms with Crippen LogP contribution in [0.25, 0.3) is 10.9 Å². The first kappa shape index (κ1) is 11.2. The van der Waals surface area contributed by atoms with Crippen molar-refractivity contribution in [3.05, 3.63) is 36.0 Å². The Morgan fingerprint density at radius 3 is 2.75 bits per heavy atom. The van der Waals surface area contributed by atoms with E-state index in [1.54, 1.807) is 0 Å². The van der Waals surface area contributed by atoms with E-state index in [1.807, 2.05) is 37.4 Å². The highest BCUT2D eigenvalue weighted by molar-refractivity contribution is 5.83. The second-order valence-corrected chi connectivity index (χ2v) is 4.26. The van der Waals surface area contributed by atoms with Crippen LogP contribution in [-0.2, 0) is 13.2 Å². The first-order valence-corrected chi connectivity index (χ1v) is 5.54. The van der Waals surface area contributed by atoms with Gasteiger partial charge in [-0.3, -0.25) is 0 Å². The summed E-state index contributed by atoms with van der Waals surface area (Å²) >= 11 is 0. The summed E-state index contributed by atoms with van der Waals surface area (Å²) in [4.78, 5) is 0. The molecule has 0 aliphatic carbocycles. The third-order valence-electron chi connectivity index (χ3n) is 2.89. The summed E-state index contributed by atoms with van der Waals surface area (Å²) in [7, 11) is 0. The first-order chi connectivity index (χ1) is 7.76. The van der Waals surface area contributed by atoms with Crippen molar-refractivity contribution in [3.8, 4) is 0 Å². The molecule has 3 nitrogen and oxygen atoms in total. The van der Waals surface area contributed by atoms with E-state index >= 15 is 0 Å². The van der Waals surface area contributed by atoms with Gasteiger partial charge in [0, 0.05) is 30.3 Å². The maximum absolute atomic E-state index is 9.22. The van der Waals surface area contributed by atoms with Gasteiger partial charge in [0.15, 0.2) is 0 Å². The molecule has 0 fully saturated rings. The molecule has 86 valence electrons. The maximum atomic E-state index is 9.22. The number of aromatic nitrogens is 1. The molecule has 1 aromatic heterocycles. The molecular formula is C13H17NO2. The number of aliphatic hydroxyl groups is 2. The molecule has 2 aromatic rings. The van der Waals surface area contributed by atoms with E-state index in [0.717, 1.165) is 23.0 Å². The lowest BCUT2D eigenvalue weighted by molar-refractivity contribution is 0.224. The van der Waals surface area contributed by atoms with E-state index in [0.29, 0.717) is 0 Å². The molecular weight excluding hydrogens is 202 g/mol. The number of hydrogen-bond donors (Lipinski definition) is 2. The van der Waals surface area contributed by atoms with Crippen molar-refractivity contribution in [1.82, 2.24) is 4.57 Å². The minimum absolute atomic E-state index is 0.0664. The number of hydrogen-bond acceptors (Lipinski definition) is 2. The minimum Gasteiger partial charge on any atom is -0.396 e. The van der Waals surface area contributed by atoms with Crippen molar-refractivity contribution < 1.29 is 10.2 Å². The fourth-order valence-corrected chi connectivity index (χ4v) is 1.98. The van der Waals surface area contributed by atoms with Crippen molar-refractivity contribution >= 4 is 10.9 Å². The second-order valence-electron chi connectivity index (χ2n) is 4.26. The number of nitrogens with zero attached hydrogens (tertiary/aromatic N) is 1. The molecule has 1 unspecified atom stereocenters. The zero-order valence-electron chi connectivity index (χ0n) is 9.43. The average molecular weight is 219 g/mol. The zero-order valence-corrected chi connectivity index (χ0v) is 9.43. The average Bonchev–Trinajstić information content (AvgIpc) is 2.72. The Morgan fingerprint density at radius 1 is 1.25 bits per heavy atom. The lowest BCUT2D eigenvalue weighted by Crippen LogP contribution is -2.10. The topological polar surface area (TPSA) is 45.4 Å². The lowest BCUT2D eigenvalue weighted by Gasteiger charge is -2.10. The molecule has 0 saturated heterocycles. The molecule has 1 heterocycles. The van der Waals surface area contributed by atoms with Gasteiger partial charge in [0.1, 0.15) is 0 Å². The molecule has 2 N–H and O–H groups in total. The van der Waals surface area contributed by atoms with Gasteiger partial charge in [-0.15, -0.1) is 0 Å². The smallest absolute Gasteiger partial charge is 0.0688 e. The van der Waals surface area contributed by atoms with Crippen LogP contribution in [0.15, 0.2) is 30.5 Å². The highest BCUT2D eigenvalue weighted by Crippen LogP contribution is 2.21. The van der Waals surface area contributed by atoms with Crippen LogP contribution in [-0.4, -0.2) is 21.4 Å². The molecule has 1 aromatic carbocycles. The summed E-state index contributed by atoms with van der Waals surface area (Å²) in [6.07, 6.45) is 2.01. The molecule has 3 heteroatoms. The Balaban J connectivity index is 2.41. The molecule has 0 spiro atoms. The van der Waals surface area contributed by atoms with Gasteiger partial charge in [0.05, 0.1) is 6.61 Å². The van der Waals surface area contributed by atoms with Gasteiger partial charge in [0.25, 0.3) is 0 Å². The molecule has 2 rings (SSSR count). The van der Waals surface area contributed by atoms with Crippen LogP contribution in [0.4, 0.5) is 0 Å². The van der Waals surface area contributed by atoms with E-state index in [2.05, 4.69) is 4.57 Å². The number of rotatable bonds is 4. The Bertz CT molecular complexity index is 476. The lowest BCUT2D eigenvalue weighted by atomic mass is 10.1. The SMILES string of the molecule is CC(CO)Cn1ccc2c(CO)cccc21. The van der Waals surface area contributed by atoms with Crippen LogP contribution in [0.1, 0.15) is 12.5 Å². The van der Waals surface area contributed by atoms with Crippen molar-refractivity contribution in [1.29, 1.82) is 0 Å². The largest absolute Gasteiger partial charge is 0.396 e. The van der Waals surface area contributed by atoms with Crippen molar-refractivity contribution in [2.75, 3.05) is 6.61 Å². The summed E-state index contributed by atoms with van der Waals surface area (Å²) < 4.78 is 2.12. The minimum atomic E-state index is 0.0664. The van der Waals surface area contributed by atoms with E-state index < -0.39 is 0 Å². The van der Waals surface area contributed by atoms with E-state index in [1.165, 1.54) is 0 Å². The highest BCUT2D eigenvalue weighted by atomic mass is 16.3. The fourth-order valence-electron chi connectivity index (χ4n) is 1.98. The van der Waals surface area contributed by atoms with Gasteiger partial charge >= 0.3 is 0 Å². The summed E-state index contributed by atoms with van der Waals surface area (Å²) in [5.41, 5.74) is 2.07. The van der Waals surface area contributed by atoms with Crippen molar-refractivity contribution in [3.63, 3.8) is 0 Å². The quantitative estimate of drug-likeness (QED) is 0.823. The van der Waals surface area contributed by atoms with Crippen LogP contribution in [0.5, 0.6) is 0 Å². The standard InChI is InChI=1S/C13H17NO2/c1-10(8-15)7-14-6-5-12-11(9-16)3-2-4-13(12)14/h2-6,10,15-16H,7-9H2,1H3. The second kappa shape index (κ2) is 4.68. The summed E-state index contributed by atoms with van der Waals surface area (Å²) in [5, 5.41) is 19.4. The van der Waals surface area contributed by atoms with Gasteiger partial charge in [-0.05, 0) is 23.6 Å². The zero-order chi connectivity index (χ0) is 11.5. The van der Waals surface area contributed by atoms with Gasteiger partial charge in [-0.2, -0.15) is 0 Å². The number of aliphatic hydroxyl groups excluding tert-OH is 2. The molecule has 16 heavy (non-hydrogen) atoms. The van der Waals surface area contributed by atoms with Crippen LogP contribution < -0.4 is 0 Å². The van der Waals surface area contributed by atoms with Gasteiger partial charge in [-0.25, -0.2) is 0 Å². The van der Waals surface area contributed by atoms with Crippen molar-refractivity contribution in [2.45, 2.75) is 20.1 Å². The number of fused-ring (bicyclic) bond motifs is 1. The highest BCUT2D eigenvalue weighted by Gasteiger charge is 2.07. The van der Waals surface area contributed by atoms with Crippen LogP contribution in [0.2, 0.25) is 0 Å². The Morgan fingerprint density at radius 2 is 2.06 bits per heavy atom. The van der Waals surface area contributed by atoms with E-state index in [9.17, 15) is 5.11 Å². The van der Waals surface area contributed by atoms with Crippen LogP contribution >= 0.6 is 0 Å². The van der Waals surface area contributed by atoms with Crippen LogP contribution in [0.3, 0.4) is 0 Å². The van der Waals surface area contributed by atoms with Gasteiger partial charge in [-0.1, -0.05) is 19.1 Å². The molecule has 0 saturated carbocycles.